The first-order valence-corrected chi connectivity index (χ1v) is 4.73. The number of rotatable bonds is 3. The highest BCUT2D eigenvalue weighted by Gasteiger charge is 2.01. The SMILES string of the molecule is C/C=C/NC(=O)OCC1=CCCC=C1. The van der Waals surface area contributed by atoms with Crippen molar-refractivity contribution in [1.82, 2.24) is 5.32 Å². The van der Waals surface area contributed by atoms with E-state index >= 15 is 0 Å². The van der Waals surface area contributed by atoms with E-state index in [1.54, 1.807) is 12.3 Å². The summed E-state index contributed by atoms with van der Waals surface area (Å²) in [6.07, 6.45) is 11.1. The molecule has 0 aliphatic heterocycles. The van der Waals surface area contributed by atoms with Crippen LogP contribution in [0.3, 0.4) is 0 Å². The number of alkyl carbamates (subject to hydrolysis) is 1. The summed E-state index contributed by atoms with van der Waals surface area (Å²) in [6, 6.07) is 0. The number of carbonyl (C=O) groups excluding carboxylic acids is 1. The van der Waals surface area contributed by atoms with Crippen LogP contribution in [-0.2, 0) is 4.74 Å². The minimum absolute atomic E-state index is 0.347. The van der Waals surface area contributed by atoms with Gasteiger partial charge in [-0.25, -0.2) is 4.79 Å². The summed E-state index contributed by atoms with van der Waals surface area (Å²) in [7, 11) is 0. The summed E-state index contributed by atoms with van der Waals surface area (Å²) >= 11 is 0. The van der Waals surface area contributed by atoms with Crippen LogP contribution in [-0.4, -0.2) is 12.7 Å². The Kier molecular flexibility index (Phi) is 4.55. The van der Waals surface area contributed by atoms with Gasteiger partial charge in [0.05, 0.1) is 0 Å². The van der Waals surface area contributed by atoms with Crippen molar-refractivity contribution < 1.29 is 9.53 Å². The Morgan fingerprint density at radius 1 is 1.64 bits per heavy atom. The molecular weight excluding hydrogens is 178 g/mol. The highest BCUT2D eigenvalue weighted by molar-refractivity contribution is 5.68. The van der Waals surface area contributed by atoms with Crippen molar-refractivity contribution in [2.45, 2.75) is 19.8 Å². The number of amides is 1. The van der Waals surface area contributed by atoms with Crippen LogP contribution >= 0.6 is 0 Å². The number of ether oxygens (including phenoxy) is 1. The third kappa shape index (κ3) is 3.94. The first-order valence-electron chi connectivity index (χ1n) is 4.73. The summed E-state index contributed by atoms with van der Waals surface area (Å²) in [6.45, 7) is 2.17. The Morgan fingerprint density at radius 3 is 3.14 bits per heavy atom. The third-order valence-electron chi connectivity index (χ3n) is 1.81. The zero-order valence-corrected chi connectivity index (χ0v) is 8.32. The van der Waals surface area contributed by atoms with Gasteiger partial charge < -0.3 is 4.74 Å². The molecule has 0 fully saturated rings. The van der Waals surface area contributed by atoms with Crippen molar-refractivity contribution in [2.75, 3.05) is 6.61 Å². The third-order valence-corrected chi connectivity index (χ3v) is 1.81. The van der Waals surface area contributed by atoms with Crippen molar-refractivity contribution >= 4 is 6.09 Å². The van der Waals surface area contributed by atoms with Gasteiger partial charge in [-0.3, -0.25) is 5.32 Å². The van der Waals surface area contributed by atoms with Crippen LogP contribution in [0.15, 0.2) is 36.1 Å². The normalized spacial score (nSPS) is 15.4. The minimum Gasteiger partial charge on any atom is -0.444 e. The second-order valence-electron chi connectivity index (χ2n) is 2.98. The summed E-state index contributed by atoms with van der Waals surface area (Å²) < 4.78 is 4.96. The molecule has 0 atom stereocenters. The monoisotopic (exact) mass is 193 g/mol. The number of carbonyl (C=O) groups is 1. The van der Waals surface area contributed by atoms with Gasteiger partial charge in [-0.1, -0.05) is 24.3 Å². The topological polar surface area (TPSA) is 38.3 Å². The lowest BCUT2D eigenvalue weighted by atomic mass is 10.1. The van der Waals surface area contributed by atoms with Crippen LogP contribution < -0.4 is 5.32 Å². The van der Waals surface area contributed by atoms with Crippen LogP contribution in [0.4, 0.5) is 4.79 Å². The van der Waals surface area contributed by atoms with Gasteiger partial charge in [0.1, 0.15) is 6.61 Å². The number of allylic oxidation sites excluding steroid dienone is 3. The first kappa shape index (κ1) is 10.6. The van der Waals surface area contributed by atoms with Crippen molar-refractivity contribution in [3.8, 4) is 0 Å². The number of hydrogen-bond donors (Lipinski definition) is 1. The van der Waals surface area contributed by atoms with Gasteiger partial charge >= 0.3 is 6.09 Å². The molecule has 1 N–H and O–H groups in total. The molecule has 76 valence electrons. The van der Waals surface area contributed by atoms with Gasteiger partial charge in [-0.15, -0.1) is 0 Å². The lowest BCUT2D eigenvalue weighted by Crippen LogP contribution is -2.19. The van der Waals surface area contributed by atoms with Gasteiger partial charge in [-0.05, 0) is 25.3 Å². The lowest BCUT2D eigenvalue weighted by Gasteiger charge is -2.07. The molecule has 1 aliphatic rings. The molecule has 0 aromatic rings. The molecule has 0 aromatic heterocycles. The highest BCUT2D eigenvalue weighted by atomic mass is 16.5. The average molecular weight is 193 g/mol. The second-order valence-corrected chi connectivity index (χ2v) is 2.98. The Hall–Kier alpha value is -1.51. The van der Waals surface area contributed by atoms with Crippen LogP contribution in [0, 0.1) is 0 Å². The van der Waals surface area contributed by atoms with E-state index in [2.05, 4.69) is 17.5 Å². The molecule has 1 aliphatic carbocycles. The Bertz CT molecular complexity index is 277. The number of nitrogens with one attached hydrogen (secondary N) is 1. The summed E-state index contributed by atoms with van der Waals surface area (Å²) in [5.41, 5.74) is 1.06. The van der Waals surface area contributed by atoms with E-state index in [0.29, 0.717) is 6.61 Å². The van der Waals surface area contributed by atoms with Crippen molar-refractivity contribution in [2.24, 2.45) is 0 Å². The molecule has 0 saturated heterocycles. The van der Waals surface area contributed by atoms with Crippen LogP contribution in [0.2, 0.25) is 0 Å². The van der Waals surface area contributed by atoms with Crippen molar-refractivity contribution in [1.29, 1.82) is 0 Å². The van der Waals surface area contributed by atoms with Crippen LogP contribution in [0.25, 0.3) is 0 Å². The molecule has 1 amide bonds. The van der Waals surface area contributed by atoms with Crippen molar-refractivity contribution in [3.63, 3.8) is 0 Å². The van der Waals surface area contributed by atoms with E-state index in [4.69, 9.17) is 4.74 Å². The van der Waals surface area contributed by atoms with Crippen LogP contribution in [0.1, 0.15) is 19.8 Å². The Morgan fingerprint density at radius 2 is 2.50 bits per heavy atom. The van der Waals surface area contributed by atoms with E-state index in [9.17, 15) is 4.79 Å². The fraction of sp³-hybridized carbons (Fsp3) is 0.364. The molecule has 14 heavy (non-hydrogen) atoms. The maximum absolute atomic E-state index is 11.0. The van der Waals surface area contributed by atoms with Gasteiger partial charge in [0.25, 0.3) is 0 Å². The van der Waals surface area contributed by atoms with Gasteiger partial charge in [0.15, 0.2) is 0 Å². The Balaban J connectivity index is 2.22. The van der Waals surface area contributed by atoms with Crippen LogP contribution in [0.5, 0.6) is 0 Å². The Labute approximate surface area is 84.1 Å². The predicted molar refractivity (Wildman–Crippen MR) is 55.8 cm³/mol. The molecule has 0 aromatic carbocycles. The quantitative estimate of drug-likeness (QED) is 0.748. The second kappa shape index (κ2) is 6.02. The summed E-state index contributed by atoms with van der Waals surface area (Å²) in [5.74, 6) is 0. The maximum Gasteiger partial charge on any atom is 0.411 e. The van der Waals surface area contributed by atoms with Gasteiger partial charge in [0.2, 0.25) is 0 Å². The summed E-state index contributed by atoms with van der Waals surface area (Å²) in [4.78, 5) is 11.0. The van der Waals surface area contributed by atoms with E-state index in [0.717, 1.165) is 18.4 Å². The molecule has 0 radical (unpaired) electrons. The van der Waals surface area contributed by atoms with Crippen molar-refractivity contribution in [3.05, 3.63) is 36.1 Å². The molecular formula is C11H15NO2. The zero-order chi connectivity index (χ0) is 10.2. The molecule has 0 spiro atoms. The lowest BCUT2D eigenvalue weighted by molar-refractivity contribution is 0.160. The first-order chi connectivity index (χ1) is 6.83. The molecule has 0 unspecified atom stereocenters. The van der Waals surface area contributed by atoms with E-state index in [-0.39, 0.29) is 0 Å². The largest absolute Gasteiger partial charge is 0.444 e. The zero-order valence-electron chi connectivity index (χ0n) is 8.32. The maximum atomic E-state index is 11.0. The number of hydrogen-bond acceptors (Lipinski definition) is 2. The average Bonchev–Trinajstić information content (AvgIpc) is 2.25. The molecule has 0 saturated carbocycles. The predicted octanol–water partition coefficient (Wildman–Crippen LogP) is 2.52. The fourth-order valence-electron chi connectivity index (χ4n) is 1.12. The van der Waals surface area contributed by atoms with E-state index < -0.39 is 6.09 Å². The molecule has 0 bridgehead atoms. The van der Waals surface area contributed by atoms with Gasteiger partial charge in [-0.2, -0.15) is 0 Å². The van der Waals surface area contributed by atoms with E-state index in [1.165, 1.54) is 0 Å². The molecule has 0 heterocycles. The smallest absolute Gasteiger partial charge is 0.411 e. The van der Waals surface area contributed by atoms with E-state index in [1.807, 2.05) is 13.0 Å². The molecule has 3 nitrogen and oxygen atoms in total. The highest BCUT2D eigenvalue weighted by Crippen LogP contribution is 2.09. The fourth-order valence-corrected chi connectivity index (χ4v) is 1.12. The standard InChI is InChI=1S/C11H15NO2/c1-2-8-12-11(13)14-9-10-6-4-3-5-7-10/h2,4,6-8H,3,5,9H2,1H3,(H,12,13)/b8-2+. The minimum atomic E-state index is -0.414. The molecule has 3 heteroatoms. The summed E-state index contributed by atoms with van der Waals surface area (Å²) in [5, 5.41) is 2.48. The van der Waals surface area contributed by atoms with Gasteiger partial charge in [0, 0.05) is 6.20 Å². The molecule has 1 rings (SSSR count).